The molecule has 6 aromatic carbocycles. The van der Waals surface area contributed by atoms with E-state index >= 15 is 0 Å². The lowest BCUT2D eigenvalue weighted by Gasteiger charge is -2.23. The number of nitrogens with zero attached hydrogens (tertiary/aromatic N) is 2. The fourth-order valence-electron chi connectivity index (χ4n) is 7.04. The lowest BCUT2D eigenvalue weighted by molar-refractivity contribution is 0.398. The fourth-order valence-corrected chi connectivity index (χ4v) is 7.04. The third-order valence-electron chi connectivity index (χ3n) is 9.42. The summed E-state index contributed by atoms with van der Waals surface area (Å²) in [5, 5.41) is 91.7. The highest BCUT2D eigenvalue weighted by atomic mass is 16.3. The van der Waals surface area contributed by atoms with E-state index in [1.165, 1.54) is 24.6 Å². The van der Waals surface area contributed by atoms with Crippen molar-refractivity contribution in [3.05, 3.63) is 94.0 Å². The molecule has 0 aromatic heterocycles. The molecule has 0 radical (unpaired) electrons. The summed E-state index contributed by atoms with van der Waals surface area (Å²) in [5.74, 6) is -3.22. The Labute approximate surface area is 300 Å². The van der Waals surface area contributed by atoms with Gasteiger partial charge >= 0.3 is 0 Å². The molecular weight excluding hydrogens is 660 g/mol. The van der Waals surface area contributed by atoms with Crippen molar-refractivity contribution < 1.29 is 40.9 Å². The normalized spacial score (nSPS) is 12.1. The highest BCUT2D eigenvalue weighted by Crippen LogP contribution is 2.54. The van der Waals surface area contributed by atoms with Crippen LogP contribution in [0, 0.1) is 13.8 Å². The van der Waals surface area contributed by atoms with Crippen LogP contribution in [0.5, 0.6) is 46.0 Å². The molecule has 8 N–H and O–H groups in total. The van der Waals surface area contributed by atoms with Gasteiger partial charge in [-0.25, -0.2) is 0 Å². The number of aliphatic imine (C=N–C) groups is 2. The van der Waals surface area contributed by atoms with Crippen molar-refractivity contribution >= 4 is 45.3 Å². The van der Waals surface area contributed by atoms with Crippen LogP contribution >= 0.6 is 0 Å². The maximum Gasteiger partial charge on any atom is 0.167 e. The fraction of sp³-hybridized carbons (Fsp3) is 0.190. The van der Waals surface area contributed by atoms with Gasteiger partial charge in [-0.15, -0.1) is 0 Å². The minimum atomic E-state index is -0.524. The standard InChI is InChI=1S/C42H40N2O8/c1-19(2)31-23-15-21(5)33(39(49)35(23)25(37(47)41(31)51)17-43-27-11-7-9-13-29(27)45)34-22(6)16-24-32(20(3)4)42(52)38(48)26(36(24)40(34)50)18-44-28-12-8-10-14-30(28)46/h7-20,45-52H,1-6H3. The highest BCUT2D eigenvalue weighted by Gasteiger charge is 2.29. The molecule has 0 spiro atoms. The molecule has 0 saturated heterocycles. The molecule has 6 aromatic rings. The van der Waals surface area contributed by atoms with E-state index in [1.54, 1.807) is 62.4 Å². The molecule has 52 heavy (non-hydrogen) atoms. The average molecular weight is 701 g/mol. The van der Waals surface area contributed by atoms with Crippen LogP contribution in [0.15, 0.2) is 70.6 Å². The lowest BCUT2D eigenvalue weighted by atomic mass is 9.83. The predicted molar refractivity (Wildman–Crippen MR) is 205 cm³/mol. The first kappa shape index (κ1) is 35.4. The third-order valence-corrected chi connectivity index (χ3v) is 9.42. The number of hydrogen-bond donors (Lipinski definition) is 8. The Kier molecular flexibility index (Phi) is 9.10. The molecule has 10 heteroatoms. The van der Waals surface area contributed by atoms with Crippen molar-refractivity contribution in [3.8, 4) is 57.1 Å². The number of para-hydroxylation sites is 4. The van der Waals surface area contributed by atoms with Crippen molar-refractivity contribution in [1.29, 1.82) is 0 Å². The number of phenols is 8. The van der Waals surface area contributed by atoms with Crippen LogP contribution in [-0.4, -0.2) is 53.3 Å². The SMILES string of the molecule is Cc1cc2c(C(C)C)c(O)c(O)c(C=Nc3ccccc3O)c2c(O)c1-c1c(C)cc2c(C(C)C)c(O)c(O)c(C=Nc3ccccc3O)c2c1O. The summed E-state index contributed by atoms with van der Waals surface area (Å²) in [6.07, 6.45) is 2.51. The van der Waals surface area contributed by atoms with E-state index in [0.29, 0.717) is 33.0 Å². The average Bonchev–Trinajstić information content (AvgIpc) is 3.08. The number of benzene rings is 6. The molecule has 0 aliphatic carbocycles. The maximum absolute atomic E-state index is 12.3. The van der Waals surface area contributed by atoms with Crippen LogP contribution in [0.2, 0.25) is 0 Å². The summed E-state index contributed by atoms with van der Waals surface area (Å²) >= 11 is 0. The zero-order chi connectivity index (χ0) is 37.8. The molecule has 10 nitrogen and oxygen atoms in total. The first-order chi connectivity index (χ1) is 24.6. The second-order valence-corrected chi connectivity index (χ2v) is 13.5. The van der Waals surface area contributed by atoms with Crippen LogP contribution in [0.4, 0.5) is 11.4 Å². The molecule has 0 heterocycles. The molecule has 0 saturated carbocycles. The van der Waals surface area contributed by atoms with Crippen LogP contribution < -0.4 is 0 Å². The van der Waals surface area contributed by atoms with Crippen molar-refractivity contribution in [2.75, 3.05) is 0 Å². The van der Waals surface area contributed by atoms with Crippen LogP contribution in [-0.2, 0) is 0 Å². The van der Waals surface area contributed by atoms with E-state index in [4.69, 9.17) is 0 Å². The number of phenolic OH excluding ortho intramolecular Hbond substituents is 8. The predicted octanol–water partition coefficient (Wildman–Crippen LogP) is 9.67. The Balaban J connectivity index is 1.73. The van der Waals surface area contributed by atoms with Crippen molar-refractivity contribution in [2.45, 2.75) is 53.4 Å². The first-order valence-corrected chi connectivity index (χ1v) is 16.8. The largest absolute Gasteiger partial charge is 0.507 e. The lowest BCUT2D eigenvalue weighted by Crippen LogP contribution is -2.01. The zero-order valence-corrected chi connectivity index (χ0v) is 29.6. The summed E-state index contributed by atoms with van der Waals surface area (Å²) in [4.78, 5) is 8.72. The summed E-state index contributed by atoms with van der Waals surface area (Å²) in [7, 11) is 0. The van der Waals surface area contributed by atoms with E-state index in [0.717, 1.165) is 0 Å². The van der Waals surface area contributed by atoms with Crippen LogP contribution in [0.25, 0.3) is 32.7 Å². The summed E-state index contributed by atoms with van der Waals surface area (Å²) in [6.45, 7) is 10.9. The van der Waals surface area contributed by atoms with Gasteiger partial charge in [-0.2, -0.15) is 0 Å². The Morgan fingerprint density at radius 3 is 1.15 bits per heavy atom. The minimum Gasteiger partial charge on any atom is -0.507 e. The third kappa shape index (κ3) is 5.72. The Bertz CT molecular complexity index is 2310. The van der Waals surface area contributed by atoms with Crippen molar-refractivity contribution in [3.63, 3.8) is 0 Å². The zero-order valence-electron chi connectivity index (χ0n) is 29.6. The van der Waals surface area contributed by atoms with Gasteiger partial charge in [-0.1, -0.05) is 64.1 Å². The topological polar surface area (TPSA) is 187 Å². The monoisotopic (exact) mass is 700 g/mol. The van der Waals surface area contributed by atoms with Gasteiger partial charge in [-0.3, -0.25) is 9.98 Å². The smallest absolute Gasteiger partial charge is 0.167 e. The van der Waals surface area contributed by atoms with Crippen molar-refractivity contribution in [1.82, 2.24) is 0 Å². The second-order valence-electron chi connectivity index (χ2n) is 13.5. The van der Waals surface area contributed by atoms with Gasteiger partial charge in [0.1, 0.15) is 34.4 Å². The highest BCUT2D eigenvalue weighted by molar-refractivity contribution is 6.15. The first-order valence-electron chi connectivity index (χ1n) is 16.8. The maximum atomic E-state index is 12.3. The van der Waals surface area contributed by atoms with Gasteiger partial charge < -0.3 is 40.9 Å². The summed E-state index contributed by atoms with van der Waals surface area (Å²) in [6, 6.07) is 16.2. The quantitative estimate of drug-likeness (QED) is 0.0597. The molecule has 0 bridgehead atoms. The molecule has 0 aliphatic rings. The molecular formula is C42H40N2O8. The van der Waals surface area contributed by atoms with E-state index < -0.39 is 11.5 Å². The van der Waals surface area contributed by atoms with Crippen LogP contribution in [0.1, 0.15) is 72.9 Å². The Morgan fingerprint density at radius 1 is 0.481 bits per heavy atom. The van der Waals surface area contributed by atoms with Gasteiger partial charge in [0.05, 0.1) is 11.1 Å². The van der Waals surface area contributed by atoms with E-state index in [1.807, 2.05) is 27.7 Å². The molecule has 0 aliphatic heterocycles. The molecule has 266 valence electrons. The van der Waals surface area contributed by atoms with E-state index in [9.17, 15) is 40.9 Å². The minimum absolute atomic E-state index is 0.0167. The van der Waals surface area contributed by atoms with Crippen molar-refractivity contribution in [2.24, 2.45) is 9.98 Å². The van der Waals surface area contributed by atoms with E-state index in [2.05, 4.69) is 9.98 Å². The second kappa shape index (κ2) is 13.4. The molecule has 0 fully saturated rings. The Hall–Kier alpha value is -6.42. The van der Waals surface area contributed by atoms with Crippen LogP contribution in [0.3, 0.4) is 0 Å². The number of hydrogen-bond acceptors (Lipinski definition) is 10. The summed E-state index contributed by atoms with van der Waals surface area (Å²) < 4.78 is 0. The summed E-state index contributed by atoms with van der Waals surface area (Å²) in [5.41, 5.74) is 2.60. The van der Waals surface area contributed by atoms with Gasteiger partial charge in [-0.05, 0) is 71.8 Å². The van der Waals surface area contributed by atoms with Gasteiger partial charge in [0.15, 0.2) is 23.0 Å². The molecule has 6 rings (SSSR count). The molecule has 0 amide bonds. The molecule has 0 atom stereocenters. The molecule has 0 unspecified atom stereocenters. The van der Waals surface area contributed by atoms with E-state index in [-0.39, 0.29) is 90.7 Å². The number of aromatic hydroxyl groups is 8. The van der Waals surface area contributed by atoms with Gasteiger partial charge in [0.2, 0.25) is 0 Å². The van der Waals surface area contributed by atoms with Gasteiger partial charge in [0, 0.05) is 45.5 Å². The van der Waals surface area contributed by atoms with Gasteiger partial charge in [0.25, 0.3) is 0 Å². The Morgan fingerprint density at radius 2 is 0.827 bits per heavy atom. The number of fused-ring (bicyclic) bond motifs is 2. The number of rotatable bonds is 7. The number of aryl methyl sites for hydroxylation is 2.